The van der Waals surface area contributed by atoms with Crippen LogP contribution in [0.3, 0.4) is 0 Å². The highest BCUT2D eigenvalue weighted by atomic mass is 35.5. The van der Waals surface area contributed by atoms with Gasteiger partial charge in [-0.3, -0.25) is 0 Å². The van der Waals surface area contributed by atoms with Crippen LogP contribution in [0.25, 0.3) is 0 Å². The van der Waals surface area contributed by atoms with Gasteiger partial charge in [-0.2, -0.15) is 13.2 Å². The molecule has 0 aliphatic carbocycles. The van der Waals surface area contributed by atoms with E-state index in [-0.39, 0.29) is 16.3 Å². The zero-order valence-corrected chi connectivity index (χ0v) is 12.6. The van der Waals surface area contributed by atoms with Crippen molar-refractivity contribution in [2.45, 2.75) is 26.1 Å². The second kappa shape index (κ2) is 6.62. The minimum atomic E-state index is -4.58. The Morgan fingerprint density at radius 1 is 1.38 bits per heavy atom. The lowest BCUT2D eigenvalue weighted by Crippen LogP contribution is -2.20. The van der Waals surface area contributed by atoms with Crippen molar-refractivity contribution in [1.82, 2.24) is 0 Å². The Hall–Kier alpha value is -1.34. The largest absolute Gasteiger partial charge is 0.481 e. The Balaban J connectivity index is 3.19. The van der Waals surface area contributed by atoms with Crippen molar-refractivity contribution in [3.8, 4) is 5.75 Å². The quantitative estimate of drug-likeness (QED) is 0.659. The van der Waals surface area contributed by atoms with Gasteiger partial charge in [-0.05, 0) is 19.9 Å². The molecule has 118 valence electrons. The Labute approximate surface area is 128 Å². The summed E-state index contributed by atoms with van der Waals surface area (Å²) in [5.41, 5.74) is 5.20. The number of anilines is 1. The third kappa shape index (κ3) is 4.86. The molecule has 0 fully saturated rings. The number of benzene rings is 1. The number of rotatable bonds is 4. The smallest absolute Gasteiger partial charge is 0.422 e. The van der Waals surface area contributed by atoms with Crippen LogP contribution in [0.5, 0.6) is 5.75 Å². The number of alkyl halides is 3. The van der Waals surface area contributed by atoms with Gasteiger partial charge in [0.2, 0.25) is 0 Å². The SMILES string of the molecule is CC(C)OC(=O)c1c(N)cc(Cl)c(OCC(F)(F)F)c1Cl. The van der Waals surface area contributed by atoms with E-state index in [2.05, 4.69) is 4.74 Å². The van der Waals surface area contributed by atoms with Crippen molar-refractivity contribution in [3.05, 3.63) is 21.7 Å². The third-order valence-electron chi connectivity index (χ3n) is 2.13. The standard InChI is InChI=1S/C12H12Cl2F3NO3/c1-5(2)21-11(19)8-7(18)3-6(13)10(9(8)14)20-4-12(15,16)17/h3,5H,4,18H2,1-2H3. The fourth-order valence-corrected chi connectivity index (χ4v) is 2.04. The van der Waals surface area contributed by atoms with Crippen LogP contribution in [0.15, 0.2) is 6.07 Å². The van der Waals surface area contributed by atoms with Gasteiger partial charge < -0.3 is 15.2 Å². The summed E-state index contributed by atoms with van der Waals surface area (Å²) in [5, 5.41) is -0.655. The zero-order chi connectivity index (χ0) is 16.4. The van der Waals surface area contributed by atoms with Gasteiger partial charge in [0.05, 0.1) is 11.1 Å². The summed E-state index contributed by atoms with van der Waals surface area (Å²) < 4.78 is 46.0. The van der Waals surface area contributed by atoms with Gasteiger partial charge in [0, 0.05) is 5.69 Å². The van der Waals surface area contributed by atoms with E-state index in [9.17, 15) is 18.0 Å². The molecule has 0 saturated heterocycles. The first-order valence-corrected chi connectivity index (χ1v) is 6.46. The number of nitrogen functional groups attached to an aromatic ring is 1. The normalized spacial score (nSPS) is 11.6. The molecular weight excluding hydrogens is 334 g/mol. The monoisotopic (exact) mass is 345 g/mol. The van der Waals surface area contributed by atoms with Crippen LogP contribution >= 0.6 is 23.2 Å². The second-order valence-corrected chi connectivity index (χ2v) is 5.11. The molecule has 9 heteroatoms. The first kappa shape index (κ1) is 17.7. The van der Waals surface area contributed by atoms with Crippen LogP contribution in [-0.2, 0) is 4.74 Å². The van der Waals surface area contributed by atoms with Gasteiger partial charge in [0.25, 0.3) is 0 Å². The Morgan fingerprint density at radius 2 is 1.95 bits per heavy atom. The Kier molecular flexibility index (Phi) is 5.58. The molecule has 0 unspecified atom stereocenters. The molecule has 0 atom stereocenters. The number of carbonyl (C=O) groups excluding carboxylic acids is 1. The summed E-state index contributed by atoms with van der Waals surface area (Å²) >= 11 is 11.6. The van der Waals surface area contributed by atoms with E-state index in [1.165, 1.54) is 0 Å². The highest BCUT2D eigenvalue weighted by Crippen LogP contribution is 2.40. The molecule has 21 heavy (non-hydrogen) atoms. The van der Waals surface area contributed by atoms with Gasteiger partial charge >= 0.3 is 12.1 Å². The number of nitrogens with two attached hydrogens (primary N) is 1. The average Bonchev–Trinajstić information content (AvgIpc) is 2.24. The molecule has 0 amide bonds. The highest BCUT2D eigenvalue weighted by molar-refractivity contribution is 6.40. The van der Waals surface area contributed by atoms with Crippen molar-refractivity contribution in [1.29, 1.82) is 0 Å². The lowest BCUT2D eigenvalue weighted by atomic mass is 10.1. The van der Waals surface area contributed by atoms with Crippen molar-refractivity contribution < 1.29 is 27.4 Å². The molecule has 4 nitrogen and oxygen atoms in total. The number of ether oxygens (including phenoxy) is 2. The van der Waals surface area contributed by atoms with Gasteiger partial charge in [-0.25, -0.2) is 4.79 Å². The first-order valence-electron chi connectivity index (χ1n) is 5.71. The number of carbonyl (C=O) groups is 1. The van der Waals surface area contributed by atoms with E-state index in [1.807, 2.05) is 0 Å². The molecule has 1 aromatic carbocycles. The fraction of sp³-hybridized carbons (Fsp3) is 0.417. The van der Waals surface area contributed by atoms with Crippen molar-refractivity contribution in [2.75, 3.05) is 12.3 Å². The molecule has 0 saturated carbocycles. The number of hydrogen-bond acceptors (Lipinski definition) is 4. The average molecular weight is 346 g/mol. The fourth-order valence-electron chi connectivity index (χ4n) is 1.39. The van der Waals surface area contributed by atoms with E-state index in [1.54, 1.807) is 13.8 Å². The van der Waals surface area contributed by atoms with E-state index in [4.69, 9.17) is 33.7 Å². The van der Waals surface area contributed by atoms with Crippen LogP contribution in [0.2, 0.25) is 10.0 Å². The zero-order valence-electron chi connectivity index (χ0n) is 11.1. The van der Waals surface area contributed by atoms with Crippen LogP contribution in [0.1, 0.15) is 24.2 Å². The van der Waals surface area contributed by atoms with Crippen LogP contribution in [0, 0.1) is 0 Å². The summed E-state index contributed by atoms with van der Waals surface area (Å²) in [7, 11) is 0. The number of esters is 1. The van der Waals surface area contributed by atoms with Crippen molar-refractivity contribution in [3.63, 3.8) is 0 Å². The highest BCUT2D eigenvalue weighted by Gasteiger charge is 2.31. The minimum absolute atomic E-state index is 0.116. The van der Waals surface area contributed by atoms with Crippen molar-refractivity contribution >= 4 is 34.9 Å². The molecular formula is C12H12Cl2F3NO3. The maximum Gasteiger partial charge on any atom is 0.422 e. The number of halogens is 5. The predicted molar refractivity (Wildman–Crippen MR) is 73.0 cm³/mol. The van der Waals surface area contributed by atoms with Gasteiger partial charge in [-0.15, -0.1) is 0 Å². The Bertz CT molecular complexity index is 548. The molecule has 1 aromatic rings. The molecule has 1 rings (SSSR count). The van der Waals surface area contributed by atoms with Crippen molar-refractivity contribution in [2.24, 2.45) is 0 Å². The molecule has 0 bridgehead atoms. The summed E-state index contributed by atoms with van der Waals surface area (Å²) in [6, 6.07) is 1.08. The molecule has 0 heterocycles. The first-order chi connectivity index (χ1) is 9.53. The van der Waals surface area contributed by atoms with Crippen LogP contribution in [0.4, 0.5) is 18.9 Å². The van der Waals surface area contributed by atoms with E-state index < -0.39 is 35.6 Å². The van der Waals surface area contributed by atoms with E-state index >= 15 is 0 Å². The molecule has 0 spiro atoms. The molecule has 0 aliphatic rings. The lowest BCUT2D eigenvalue weighted by molar-refractivity contribution is -0.153. The predicted octanol–water partition coefficient (Wildman–Crippen LogP) is 4.08. The maximum atomic E-state index is 12.2. The van der Waals surface area contributed by atoms with Gasteiger partial charge in [-0.1, -0.05) is 23.2 Å². The number of hydrogen-bond donors (Lipinski definition) is 1. The van der Waals surface area contributed by atoms with Gasteiger partial charge in [0.15, 0.2) is 12.4 Å². The minimum Gasteiger partial charge on any atom is -0.481 e. The molecule has 2 N–H and O–H groups in total. The maximum absolute atomic E-state index is 12.2. The van der Waals surface area contributed by atoms with Crippen LogP contribution in [-0.4, -0.2) is 24.9 Å². The van der Waals surface area contributed by atoms with Gasteiger partial charge in [0.1, 0.15) is 10.6 Å². The van der Waals surface area contributed by atoms with E-state index in [0.29, 0.717) is 0 Å². The summed E-state index contributed by atoms with van der Waals surface area (Å²) in [5.74, 6) is -1.35. The third-order valence-corrected chi connectivity index (χ3v) is 2.78. The van der Waals surface area contributed by atoms with E-state index in [0.717, 1.165) is 6.07 Å². The lowest BCUT2D eigenvalue weighted by Gasteiger charge is -2.16. The second-order valence-electron chi connectivity index (χ2n) is 4.32. The summed E-state index contributed by atoms with van der Waals surface area (Å²) in [6.45, 7) is 1.59. The topological polar surface area (TPSA) is 61.5 Å². The molecule has 0 aliphatic heterocycles. The summed E-state index contributed by atoms with van der Waals surface area (Å²) in [6.07, 6.45) is -5.03. The molecule has 0 radical (unpaired) electrons. The summed E-state index contributed by atoms with van der Waals surface area (Å²) in [4.78, 5) is 11.9. The molecule has 0 aromatic heterocycles. The van der Waals surface area contributed by atoms with Crippen LogP contribution < -0.4 is 10.5 Å². The Morgan fingerprint density at radius 3 is 2.43 bits per heavy atom.